The SMILES string of the molecule is O=C(c1ccc(-c2cnn(C3CCC3)c2)cc1)N1CCN(C(=O)c2cc3cccnc3[nH]2)CC1. The molecule has 34 heavy (non-hydrogen) atoms. The zero-order valence-corrected chi connectivity index (χ0v) is 18.9. The predicted octanol–water partition coefficient (Wildman–Crippen LogP) is 3.75. The Morgan fingerprint density at radius 2 is 1.65 bits per heavy atom. The van der Waals surface area contributed by atoms with Gasteiger partial charge in [0.15, 0.2) is 0 Å². The van der Waals surface area contributed by atoms with Gasteiger partial charge in [0.25, 0.3) is 11.8 Å². The summed E-state index contributed by atoms with van der Waals surface area (Å²) >= 11 is 0. The number of benzene rings is 1. The molecule has 1 saturated heterocycles. The van der Waals surface area contributed by atoms with Gasteiger partial charge in [-0.25, -0.2) is 4.98 Å². The van der Waals surface area contributed by atoms with Crippen LogP contribution in [0.2, 0.25) is 0 Å². The van der Waals surface area contributed by atoms with E-state index in [1.54, 1.807) is 11.1 Å². The van der Waals surface area contributed by atoms with Crippen LogP contribution in [-0.2, 0) is 0 Å². The second-order valence-corrected chi connectivity index (χ2v) is 9.08. The van der Waals surface area contributed by atoms with Crippen LogP contribution in [0.5, 0.6) is 0 Å². The lowest BCUT2D eigenvalue weighted by Crippen LogP contribution is -2.50. The molecule has 1 N–H and O–H groups in total. The van der Waals surface area contributed by atoms with Gasteiger partial charge in [0.05, 0.1) is 12.2 Å². The number of aromatic nitrogens is 4. The van der Waals surface area contributed by atoms with Crippen molar-refractivity contribution in [3.8, 4) is 11.1 Å². The summed E-state index contributed by atoms with van der Waals surface area (Å²) in [6.07, 6.45) is 9.37. The Morgan fingerprint density at radius 1 is 0.912 bits per heavy atom. The molecule has 1 saturated carbocycles. The summed E-state index contributed by atoms with van der Waals surface area (Å²) in [6.45, 7) is 2.04. The van der Waals surface area contributed by atoms with E-state index < -0.39 is 0 Å². The van der Waals surface area contributed by atoms with Crippen LogP contribution in [0.15, 0.2) is 61.1 Å². The lowest BCUT2D eigenvalue weighted by atomic mass is 9.93. The number of fused-ring (bicyclic) bond motifs is 1. The van der Waals surface area contributed by atoms with Crippen LogP contribution in [-0.4, -0.2) is 67.5 Å². The summed E-state index contributed by atoms with van der Waals surface area (Å²) in [5.41, 5.74) is 4.04. The minimum Gasteiger partial charge on any atom is -0.335 e. The summed E-state index contributed by atoms with van der Waals surface area (Å²) in [5, 5.41) is 5.42. The molecule has 0 bridgehead atoms. The van der Waals surface area contributed by atoms with E-state index in [0.29, 0.717) is 49.1 Å². The van der Waals surface area contributed by atoms with Crippen LogP contribution in [0.4, 0.5) is 0 Å². The van der Waals surface area contributed by atoms with E-state index >= 15 is 0 Å². The number of aromatic amines is 1. The number of nitrogens with zero attached hydrogens (tertiary/aromatic N) is 5. The van der Waals surface area contributed by atoms with Gasteiger partial charge in [0.1, 0.15) is 11.3 Å². The second kappa shape index (κ2) is 8.44. The summed E-state index contributed by atoms with van der Waals surface area (Å²) in [7, 11) is 0. The minimum atomic E-state index is -0.0584. The number of piperazine rings is 1. The largest absolute Gasteiger partial charge is 0.335 e. The molecule has 2 fully saturated rings. The van der Waals surface area contributed by atoms with Crippen molar-refractivity contribution in [3.63, 3.8) is 0 Å². The van der Waals surface area contributed by atoms with Gasteiger partial charge in [-0.3, -0.25) is 14.3 Å². The monoisotopic (exact) mass is 454 g/mol. The number of carbonyl (C=O) groups excluding carboxylic acids is 2. The predicted molar refractivity (Wildman–Crippen MR) is 128 cm³/mol. The first-order valence-corrected chi connectivity index (χ1v) is 11.8. The number of pyridine rings is 1. The fourth-order valence-electron chi connectivity index (χ4n) is 4.68. The molecule has 6 rings (SSSR count). The van der Waals surface area contributed by atoms with Gasteiger partial charge in [0, 0.05) is 55.1 Å². The van der Waals surface area contributed by atoms with E-state index in [9.17, 15) is 9.59 Å². The summed E-state index contributed by atoms with van der Waals surface area (Å²) in [4.78, 5) is 36.9. The van der Waals surface area contributed by atoms with E-state index in [2.05, 4.69) is 25.9 Å². The van der Waals surface area contributed by atoms with Crippen molar-refractivity contribution in [1.29, 1.82) is 0 Å². The zero-order valence-electron chi connectivity index (χ0n) is 18.9. The molecule has 8 heteroatoms. The van der Waals surface area contributed by atoms with Gasteiger partial charge >= 0.3 is 0 Å². The van der Waals surface area contributed by atoms with Crippen LogP contribution < -0.4 is 0 Å². The number of hydrogen-bond acceptors (Lipinski definition) is 4. The normalized spacial score (nSPS) is 16.6. The second-order valence-electron chi connectivity index (χ2n) is 9.08. The van der Waals surface area contributed by atoms with Gasteiger partial charge < -0.3 is 14.8 Å². The molecular formula is C26H26N6O2. The fourth-order valence-corrected chi connectivity index (χ4v) is 4.68. The molecule has 0 atom stereocenters. The maximum Gasteiger partial charge on any atom is 0.270 e. The van der Waals surface area contributed by atoms with Crippen LogP contribution in [0.1, 0.15) is 46.2 Å². The average Bonchev–Trinajstić information content (AvgIpc) is 3.50. The lowest BCUT2D eigenvalue weighted by Gasteiger charge is -2.34. The first-order chi connectivity index (χ1) is 16.7. The highest BCUT2D eigenvalue weighted by Gasteiger charge is 2.26. The van der Waals surface area contributed by atoms with E-state index in [1.165, 1.54) is 19.3 Å². The standard InChI is InChI=1S/C26H26N6O2/c33-25(19-8-6-18(7-9-19)21-16-28-32(17-21)22-4-1-5-22)30-11-13-31(14-12-30)26(34)23-15-20-3-2-10-27-24(20)29-23/h2-3,6-10,15-17,22H,1,4-5,11-14H2,(H,27,29). The highest BCUT2D eigenvalue weighted by Crippen LogP contribution is 2.32. The Labute approximate surface area is 197 Å². The van der Waals surface area contributed by atoms with Crippen molar-refractivity contribution >= 4 is 22.8 Å². The fraction of sp³-hybridized carbons (Fsp3) is 0.308. The maximum absolute atomic E-state index is 13.0. The van der Waals surface area contributed by atoms with E-state index in [0.717, 1.165) is 16.5 Å². The molecule has 4 aromatic rings. The van der Waals surface area contributed by atoms with E-state index in [4.69, 9.17) is 0 Å². The van der Waals surface area contributed by atoms with Crippen LogP contribution in [0, 0.1) is 0 Å². The number of carbonyl (C=O) groups is 2. The van der Waals surface area contributed by atoms with Gasteiger partial charge in [-0.2, -0.15) is 5.10 Å². The Hall–Kier alpha value is -3.94. The molecule has 8 nitrogen and oxygen atoms in total. The summed E-state index contributed by atoms with van der Waals surface area (Å²) in [6, 6.07) is 13.9. The van der Waals surface area contributed by atoms with Crippen LogP contribution in [0.25, 0.3) is 22.2 Å². The number of nitrogens with one attached hydrogen (secondary N) is 1. The molecule has 0 spiro atoms. The Morgan fingerprint density at radius 3 is 2.32 bits per heavy atom. The van der Waals surface area contributed by atoms with Crippen LogP contribution >= 0.6 is 0 Å². The van der Waals surface area contributed by atoms with E-state index in [-0.39, 0.29) is 11.8 Å². The molecule has 1 aliphatic carbocycles. The molecule has 3 aromatic heterocycles. The third-order valence-corrected chi connectivity index (χ3v) is 6.99. The molecule has 2 amide bonds. The van der Waals surface area contributed by atoms with Crippen LogP contribution in [0.3, 0.4) is 0 Å². The van der Waals surface area contributed by atoms with Crippen molar-refractivity contribution in [1.82, 2.24) is 29.5 Å². The molecular weight excluding hydrogens is 428 g/mol. The van der Waals surface area contributed by atoms with Crippen molar-refractivity contribution in [2.75, 3.05) is 26.2 Å². The molecule has 0 radical (unpaired) electrons. The molecule has 172 valence electrons. The Balaban J connectivity index is 1.08. The topological polar surface area (TPSA) is 87.1 Å². The lowest BCUT2D eigenvalue weighted by molar-refractivity contribution is 0.0533. The van der Waals surface area contributed by atoms with Gasteiger partial charge in [0.2, 0.25) is 0 Å². The van der Waals surface area contributed by atoms with Crippen molar-refractivity contribution in [2.45, 2.75) is 25.3 Å². The third kappa shape index (κ3) is 3.75. The van der Waals surface area contributed by atoms with Gasteiger partial charge in [-0.05, 0) is 55.2 Å². The molecule has 2 aliphatic rings. The van der Waals surface area contributed by atoms with E-state index in [1.807, 2.05) is 53.6 Å². The number of rotatable bonds is 4. The smallest absolute Gasteiger partial charge is 0.270 e. The average molecular weight is 455 g/mol. The highest BCUT2D eigenvalue weighted by atomic mass is 16.2. The quantitative estimate of drug-likeness (QED) is 0.509. The Kier molecular flexibility index (Phi) is 5.13. The summed E-state index contributed by atoms with van der Waals surface area (Å²) in [5.74, 6) is -0.0597. The molecule has 1 aliphatic heterocycles. The maximum atomic E-state index is 13.0. The number of H-pyrrole nitrogens is 1. The first kappa shape index (κ1) is 20.7. The minimum absolute atomic E-state index is 0.00127. The zero-order chi connectivity index (χ0) is 23.1. The van der Waals surface area contributed by atoms with Gasteiger partial charge in [-0.15, -0.1) is 0 Å². The Bertz CT molecular complexity index is 1310. The van der Waals surface area contributed by atoms with Crippen molar-refractivity contribution < 1.29 is 9.59 Å². The molecule has 4 heterocycles. The number of amides is 2. The molecule has 0 unspecified atom stereocenters. The van der Waals surface area contributed by atoms with Gasteiger partial charge in [-0.1, -0.05) is 12.1 Å². The first-order valence-electron chi connectivity index (χ1n) is 11.8. The number of hydrogen-bond donors (Lipinski definition) is 1. The van der Waals surface area contributed by atoms with Crippen molar-refractivity contribution in [2.24, 2.45) is 0 Å². The highest BCUT2D eigenvalue weighted by molar-refractivity contribution is 5.98. The summed E-state index contributed by atoms with van der Waals surface area (Å²) < 4.78 is 2.06. The van der Waals surface area contributed by atoms with Crippen molar-refractivity contribution in [3.05, 3.63) is 72.3 Å². The third-order valence-electron chi connectivity index (χ3n) is 6.99. The molecule has 1 aromatic carbocycles.